The third kappa shape index (κ3) is 9.70. The Kier molecular flexibility index (Phi) is 13.4. The van der Waals surface area contributed by atoms with E-state index in [4.69, 9.17) is 34.9 Å². The second kappa shape index (κ2) is 22.5. The predicted molar refractivity (Wildman–Crippen MR) is 348 cm³/mol. The van der Waals surface area contributed by atoms with Crippen molar-refractivity contribution in [2.75, 3.05) is 9.80 Å². The first kappa shape index (κ1) is 51.1. The smallest absolute Gasteiger partial charge is 0.235 e. The molecule has 0 atom stereocenters. The molecule has 0 spiro atoms. The van der Waals surface area contributed by atoms with Crippen LogP contribution in [0.1, 0.15) is 0 Å². The van der Waals surface area contributed by atoms with Gasteiger partial charge in [0.2, 0.25) is 5.95 Å². The Balaban J connectivity index is 1.09. The second-order valence-corrected chi connectivity index (χ2v) is 20.9. The number of aromatic nitrogens is 7. The summed E-state index contributed by atoms with van der Waals surface area (Å²) in [5, 5.41) is 0. The quantitative estimate of drug-likeness (QED) is 0.118. The molecule has 0 bridgehead atoms. The summed E-state index contributed by atoms with van der Waals surface area (Å²) in [4.78, 5) is 42.9. The monoisotopic (exact) mass is 1100 g/mol. The number of rotatable bonds is 12. The minimum Gasteiger partial charge on any atom is -0.305 e. The van der Waals surface area contributed by atoms with Gasteiger partial charge >= 0.3 is 0 Å². The fraction of sp³-hybridized carbons (Fsp3) is 0. The Labute approximate surface area is 498 Å². The number of hydrogen-bond acceptors (Lipinski definition) is 9. The van der Waals surface area contributed by atoms with Crippen LogP contribution in [0.5, 0.6) is 0 Å². The average Bonchev–Trinajstić information content (AvgIpc) is 1.44. The summed E-state index contributed by atoms with van der Waals surface area (Å²) in [7, 11) is 0. The van der Waals surface area contributed by atoms with Gasteiger partial charge in [0.1, 0.15) is 0 Å². The van der Waals surface area contributed by atoms with Gasteiger partial charge < -0.3 is 4.90 Å². The highest BCUT2D eigenvalue weighted by atomic mass is 15.3. The van der Waals surface area contributed by atoms with Crippen molar-refractivity contribution in [2.45, 2.75) is 0 Å². The number of hydrogen-bond donors (Lipinski definition) is 0. The molecule has 0 N–H and O–H groups in total. The van der Waals surface area contributed by atoms with Crippen LogP contribution in [-0.4, -0.2) is 34.9 Å². The van der Waals surface area contributed by atoms with E-state index < -0.39 is 0 Å². The molecule has 86 heavy (non-hydrogen) atoms. The molecule has 11 aromatic carbocycles. The van der Waals surface area contributed by atoms with E-state index in [1.807, 2.05) is 109 Å². The highest BCUT2D eigenvalue weighted by molar-refractivity contribution is 6.12. The van der Waals surface area contributed by atoms with Gasteiger partial charge in [0.15, 0.2) is 23.3 Å². The molecule has 14 aromatic rings. The van der Waals surface area contributed by atoms with E-state index in [1.165, 1.54) is 0 Å². The molecule has 3 aromatic heterocycles. The number of para-hydroxylation sites is 4. The van der Waals surface area contributed by atoms with Gasteiger partial charge in [0, 0.05) is 55.6 Å². The van der Waals surface area contributed by atoms with Crippen LogP contribution in [0.15, 0.2) is 309 Å². The SMILES string of the molecule is c1ccc(-c2cc(-c3cc(-c4nc(-c5ccccc5)nc(-c5ccccc5)n4)c(N4c5ccccc5N(c5nc(-c6ccccc6)cc(-c6ccccc6)n5)c5ccccc54)c(-c4ccccc4)c3-c3ccccc3)nc(-c3ccccc3)n2)cc1. The van der Waals surface area contributed by atoms with E-state index in [2.05, 4.69) is 210 Å². The van der Waals surface area contributed by atoms with Crippen LogP contribution in [0.3, 0.4) is 0 Å². The number of nitrogens with zero attached hydrogens (tertiary/aromatic N) is 9. The summed E-state index contributed by atoms with van der Waals surface area (Å²) in [6.07, 6.45) is 0. The van der Waals surface area contributed by atoms with Crippen molar-refractivity contribution >= 4 is 34.4 Å². The molecule has 0 fully saturated rings. The highest BCUT2D eigenvalue weighted by Gasteiger charge is 2.37. The van der Waals surface area contributed by atoms with E-state index in [0.29, 0.717) is 29.2 Å². The molecule has 0 saturated carbocycles. The van der Waals surface area contributed by atoms with Crippen molar-refractivity contribution in [2.24, 2.45) is 0 Å². The third-order valence-electron chi connectivity index (χ3n) is 15.5. The summed E-state index contributed by atoms with van der Waals surface area (Å²) >= 11 is 0. The zero-order chi connectivity index (χ0) is 57.2. The lowest BCUT2D eigenvalue weighted by Crippen LogP contribution is -2.26. The first-order valence-corrected chi connectivity index (χ1v) is 28.6. The molecular weight excluding hydrogens is 1050 g/mol. The maximum atomic E-state index is 5.60. The van der Waals surface area contributed by atoms with Crippen LogP contribution in [0, 0.1) is 0 Å². The van der Waals surface area contributed by atoms with Gasteiger partial charge in [-0.2, -0.15) is 0 Å². The molecule has 404 valence electrons. The summed E-state index contributed by atoms with van der Waals surface area (Å²) in [6, 6.07) is 106. The number of anilines is 6. The minimum atomic E-state index is 0.468. The third-order valence-corrected chi connectivity index (χ3v) is 15.5. The average molecular weight is 1100 g/mol. The Hall–Kier alpha value is -11.8. The lowest BCUT2D eigenvalue weighted by Gasteiger charge is -2.41. The molecule has 15 rings (SSSR count). The Morgan fingerprint density at radius 2 is 0.488 bits per heavy atom. The van der Waals surface area contributed by atoms with Crippen molar-refractivity contribution in [1.82, 2.24) is 34.9 Å². The van der Waals surface area contributed by atoms with Gasteiger partial charge in [0.25, 0.3) is 0 Å². The molecule has 0 aliphatic carbocycles. The maximum Gasteiger partial charge on any atom is 0.235 e. The van der Waals surface area contributed by atoms with Crippen molar-refractivity contribution in [1.29, 1.82) is 0 Å². The molecular formula is C77H51N9. The lowest BCUT2D eigenvalue weighted by atomic mass is 9.84. The van der Waals surface area contributed by atoms with Crippen molar-refractivity contribution in [3.63, 3.8) is 0 Å². The van der Waals surface area contributed by atoms with Crippen LogP contribution < -0.4 is 9.80 Å². The number of benzene rings is 11. The summed E-state index contributed by atoms with van der Waals surface area (Å²) < 4.78 is 0. The van der Waals surface area contributed by atoms with Gasteiger partial charge in [-0.1, -0.05) is 267 Å². The van der Waals surface area contributed by atoms with Crippen molar-refractivity contribution in [3.05, 3.63) is 309 Å². The fourth-order valence-electron chi connectivity index (χ4n) is 11.5. The largest absolute Gasteiger partial charge is 0.305 e. The fourth-order valence-corrected chi connectivity index (χ4v) is 11.5. The first-order chi connectivity index (χ1) is 42.7. The molecule has 0 saturated heterocycles. The number of fused-ring (bicyclic) bond motifs is 2. The van der Waals surface area contributed by atoms with E-state index >= 15 is 0 Å². The van der Waals surface area contributed by atoms with Crippen LogP contribution in [-0.2, 0) is 0 Å². The van der Waals surface area contributed by atoms with Crippen LogP contribution >= 0.6 is 0 Å². The standard InChI is InChI=1S/C77H51N9/c1-9-29-52(30-10-1)62-51-65(79-73(78-62)57-39-19-6-20-40-57)60-49-61(76-83-74(58-41-21-7-22-42-58)82-75(84-76)59-43-23-8-24-44-59)72(71(56-37-17-5-18-38-56)70(60)55-35-15-4-16-36-55)85-66-45-25-27-47-68(66)86(69-48-28-26-46-67(69)85)77-80-63(53-31-11-2-12-32-53)50-64(81-77)54-33-13-3-14-34-54/h1-51H. The Morgan fingerprint density at radius 3 is 0.895 bits per heavy atom. The summed E-state index contributed by atoms with van der Waals surface area (Å²) in [5.74, 6) is 2.66. The molecule has 0 radical (unpaired) electrons. The van der Waals surface area contributed by atoms with Crippen LogP contribution in [0.4, 0.5) is 34.4 Å². The van der Waals surface area contributed by atoms with Gasteiger partial charge in [-0.05, 0) is 53.6 Å². The summed E-state index contributed by atoms with van der Waals surface area (Å²) in [6.45, 7) is 0. The first-order valence-electron chi connectivity index (χ1n) is 28.6. The molecule has 9 nitrogen and oxygen atoms in total. The second-order valence-electron chi connectivity index (χ2n) is 20.9. The molecule has 1 aliphatic heterocycles. The Morgan fingerprint density at radius 1 is 0.198 bits per heavy atom. The summed E-state index contributed by atoms with van der Waals surface area (Å²) in [5.41, 5.74) is 18.4. The zero-order valence-corrected chi connectivity index (χ0v) is 46.5. The molecule has 4 heterocycles. The minimum absolute atomic E-state index is 0.468. The van der Waals surface area contributed by atoms with Crippen LogP contribution in [0.2, 0.25) is 0 Å². The van der Waals surface area contributed by atoms with E-state index in [-0.39, 0.29) is 0 Å². The van der Waals surface area contributed by atoms with E-state index in [1.54, 1.807) is 0 Å². The van der Waals surface area contributed by atoms with Crippen molar-refractivity contribution < 1.29 is 0 Å². The van der Waals surface area contributed by atoms with E-state index in [9.17, 15) is 0 Å². The normalized spacial score (nSPS) is 11.7. The van der Waals surface area contributed by atoms with Gasteiger partial charge in [-0.25, -0.2) is 34.9 Å². The molecule has 0 amide bonds. The Bertz CT molecular complexity index is 4510. The van der Waals surface area contributed by atoms with Gasteiger partial charge in [-0.15, -0.1) is 0 Å². The predicted octanol–water partition coefficient (Wildman–Crippen LogP) is 19.4. The molecule has 0 unspecified atom stereocenters. The lowest BCUT2D eigenvalue weighted by molar-refractivity contribution is 1.06. The topological polar surface area (TPSA) is 96.7 Å². The van der Waals surface area contributed by atoms with Gasteiger partial charge in [0.05, 0.1) is 51.2 Å². The van der Waals surface area contributed by atoms with Gasteiger partial charge in [-0.3, -0.25) is 4.90 Å². The van der Waals surface area contributed by atoms with E-state index in [0.717, 1.165) is 118 Å². The van der Waals surface area contributed by atoms with Crippen LogP contribution in [0.25, 0.3) is 113 Å². The highest BCUT2D eigenvalue weighted by Crippen LogP contribution is 2.59. The molecule has 1 aliphatic rings. The van der Waals surface area contributed by atoms with Crippen molar-refractivity contribution in [3.8, 4) is 113 Å². The molecule has 9 heteroatoms. The maximum absolute atomic E-state index is 5.60. The zero-order valence-electron chi connectivity index (χ0n) is 46.5.